The minimum atomic E-state index is -0.526. The Kier molecular flexibility index (Phi) is 4.00. The highest BCUT2D eigenvalue weighted by atomic mass is 16.6. The number of nitrogens with zero attached hydrogens (tertiary/aromatic N) is 2. The first-order valence-electron chi connectivity index (χ1n) is 8.73. The standard InChI is InChI=1S/C19H22N2O4/c1-2-10-20-15-6-4-3-5-14(15)19(9-12-24-17(19)20)8-7-16(22)21-11-13-25-18(21)23/h2-6,17H,1,7-13H2. The molecule has 0 saturated carbocycles. The van der Waals surface area contributed by atoms with Gasteiger partial charge in [0.2, 0.25) is 5.91 Å². The van der Waals surface area contributed by atoms with Crippen LogP contribution in [-0.4, -0.2) is 49.4 Å². The molecule has 0 bridgehead atoms. The van der Waals surface area contributed by atoms with Gasteiger partial charge in [0.15, 0.2) is 0 Å². The summed E-state index contributed by atoms with van der Waals surface area (Å²) in [7, 11) is 0. The van der Waals surface area contributed by atoms with Crippen LogP contribution in [0.4, 0.5) is 10.5 Å². The van der Waals surface area contributed by atoms with E-state index in [0.29, 0.717) is 32.5 Å². The Labute approximate surface area is 147 Å². The average Bonchev–Trinajstić information content (AvgIpc) is 3.29. The van der Waals surface area contributed by atoms with Crippen molar-refractivity contribution in [3.8, 4) is 0 Å². The number of imide groups is 1. The molecule has 25 heavy (non-hydrogen) atoms. The molecule has 4 rings (SSSR count). The molecular weight excluding hydrogens is 320 g/mol. The van der Waals surface area contributed by atoms with E-state index in [0.717, 1.165) is 12.1 Å². The van der Waals surface area contributed by atoms with Crippen molar-refractivity contribution in [1.82, 2.24) is 4.90 Å². The highest BCUT2D eigenvalue weighted by Crippen LogP contribution is 2.53. The summed E-state index contributed by atoms with van der Waals surface area (Å²) < 4.78 is 10.9. The lowest BCUT2D eigenvalue weighted by molar-refractivity contribution is -0.128. The molecule has 2 fully saturated rings. The summed E-state index contributed by atoms with van der Waals surface area (Å²) in [6.07, 6.45) is 3.11. The topological polar surface area (TPSA) is 59.1 Å². The highest BCUT2D eigenvalue weighted by Gasteiger charge is 2.54. The van der Waals surface area contributed by atoms with Crippen molar-refractivity contribution in [2.75, 3.05) is 31.2 Å². The highest BCUT2D eigenvalue weighted by molar-refractivity contribution is 5.93. The number of hydrogen-bond acceptors (Lipinski definition) is 5. The summed E-state index contributed by atoms with van der Waals surface area (Å²) in [4.78, 5) is 27.5. The van der Waals surface area contributed by atoms with E-state index in [4.69, 9.17) is 9.47 Å². The van der Waals surface area contributed by atoms with Crippen LogP contribution in [0.15, 0.2) is 36.9 Å². The van der Waals surface area contributed by atoms with E-state index < -0.39 is 6.09 Å². The molecule has 3 aliphatic heterocycles. The number of rotatable bonds is 5. The van der Waals surface area contributed by atoms with Crippen LogP contribution in [0.2, 0.25) is 0 Å². The second-order valence-corrected chi connectivity index (χ2v) is 6.75. The summed E-state index contributed by atoms with van der Waals surface area (Å²) >= 11 is 0. The first kappa shape index (κ1) is 16.1. The van der Waals surface area contributed by atoms with Crippen molar-refractivity contribution < 1.29 is 19.1 Å². The van der Waals surface area contributed by atoms with Gasteiger partial charge in [0.1, 0.15) is 12.8 Å². The number of fused-ring (bicyclic) bond motifs is 3. The maximum Gasteiger partial charge on any atom is 0.416 e. The van der Waals surface area contributed by atoms with Gasteiger partial charge < -0.3 is 14.4 Å². The van der Waals surface area contributed by atoms with Crippen molar-refractivity contribution in [1.29, 1.82) is 0 Å². The first-order valence-corrected chi connectivity index (χ1v) is 8.73. The number of carbonyl (C=O) groups excluding carboxylic acids is 2. The number of anilines is 1. The molecule has 0 aliphatic carbocycles. The Hall–Kier alpha value is -2.34. The maximum absolute atomic E-state index is 12.5. The van der Waals surface area contributed by atoms with Crippen molar-refractivity contribution >= 4 is 17.7 Å². The number of benzene rings is 1. The summed E-state index contributed by atoms with van der Waals surface area (Å²) in [5, 5.41) is 0. The van der Waals surface area contributed by atoms with Crippen LogP contribution < -0.4 is 4.90 Å². The van der Waals surface area contributed by atoms with Crippen LogP contribution in [0.25, 0.3) is 0 Å². The van der Waals surface area contributed by atoms with E-state index >= 15 is 0 Å². The fourth-order valence-corrected chi connectivity index (χ4v) is 4.36. The smallest absolute Gasteiger partial charge is 0.416 e. The molecule has 2 saturated heterocycles. The van der Waals surface area contributed by atoms with Crippen molar-refractivity contribution in [2.24, 2.45) is 0 Å². The second-order valence-electron chi connectivity index (χ2n) is 6.75. The average molecular weight is 342 g/mol. The van der Waals surface area contributed by atoms with Gasteiger partial charge >= 0.3 is 6.09 Å². The predicted octanol–water partition coefficient (Wildman–Crippen LogP) is 2.44. The Morgan fingerprint density at radius 2 is 2.20 bits per heavy atom. The third kappa shape index (κ3) is 2.43. The lowest BCUT2D eigenvalue weighted by atomic mass is 9.75. The third-order valence-electron chi connectivity index (χ3n) is 5.50. The molecule has 1 aromatic rings. The zero-order valence-corrected chi connectivity index (χ0v) is 14.1. The number of hydrogen-bond donors (Lipinski definition) is 0. The van der Waals surface area contributed by atoms with Gasteiger partial charge in [-0.3, -0.25) is 4.79 Å². The first-order chi connectivity index (χ1) is 12.2. The van der Waals surface area contributed by atoms with E-state index in [2.05, 4.69) is 23.6 Å². The fraction of sp³-hybridized carbons (Fsp3) is 0.474. The molecule has 0 radical (unpaired) electrons. The van der Waals surface area contributed by atoms with E-state index in [-0.39, 0.29) is 24.2 Å². The molecule has 2 amide bonds. The normalized spacial score (nSPS) is 27.2. The molecule has 132 valence electrons. The lowest BCUT2D eigenvalue weighted by Gasteiger charge is -2.32. The van der Waals surface area contributed by atoms with Crippen LogP contribution in [0.5, 0.6) is 0 Å². The molecule has 2 unspecified atom stereocenters. The van der Waals surface area contributed by atoms with Gasteiger partial charge in [-0.1, -0.05) is 24.3 Å². The van der Waals surface area contributed by atoms with Gasteiger partial charge in [0, 0.05) is 24.1 Å². The Morgan fingerprint density at radius 1 is 1.36 bits per heavy atom. The molecule has 3 aliphatic rings. The van der Waals surface area contributed by atoms with Gasteiger partial charge in [-0.2, -0.15) is 0 Å². The van der Waals surface area contributed by atoms with E-state index in [9.17, 15) is 9.59 Å². The number of para-hydroxylation sites is 1. The lowest BCUT2D eigenvalue weighted by Crippen LogP contribution is -2.43. The third-order valence-corrected chi connectivity index (χ3v) is 5.50. The maximum atomic E-state index is 12.5. The van der Waals surface area contributed by atoms with Gasteiger partial charge in [0.25, 0.3) is 0 Å². The molecule has 6 heteroatoms. The van der Waals surface area contributed by atoms with Crippen LogP contribution >= 0.6 is 0 Å². The largest absolute Gasteiger partial charge is 0.447 e. The molecule has 6 nitrogen and oxygen atoms in total. The molecular formula is C19H22N2O4. The van der Waals surface area contributed by atoms with Crippen LogP contribution in [0, 0.1) is 0 Å². The zero-order chi connectivity index (χ0) is 17.4. The van der Waals surface area contributed by atoms with Gasteiger partial charge in [0.05, 0.1) is 13.2 Å². The number of cyclic esters (lactones) is 1. The molecule has 1 aromatic carbocycles. The predicted molar refractivity (Wildman–Crippen MR) is 92.3 cm³/mol. The summed E-state index contributed by atoms with van der Waals surface area (Å²) in [6, 6.07) is 8.29. The Balaban J connectivity index is 1.59. The summed E-state index contributed by atoms with van der Waals surface area (Å²) in [6.45, 7) is 5.88. The van der Waals surface area contributed by atoms with Crippen molar-refractivity contribution in [3.63, 3.8) is 0 Å². The van der Waals surface area contributed by atoms with Crippen LogP contribution in [-0.2, 0) is 19.7 Å². The summed E-state index contributed by atoms with van der Waals surface area (Å²) in [5.74, 6) is -0.165. The van der Waals surface area contributed by atoms with Crippen LogP contribution in [0.1, 0.15) is 24.8 Å². The number of amides is 2. The minimum Gasteiger partial charge on any atom is -0.447 e. The van der Waals surface area contributed by atoms with Crippen molar-refractivity contribution in [3.05, 3.63) is 42.5 Å². The van der Waals surface area contributed by atoms with Crippen LogP contribution in [0.3, 0.4) is 0 Å². The minimum absolute atomic E-state index is 0.0822. The van der Waals surface area contributed by atoms with Gasteiger partial charge in [-0.15, -0.1) is 6.58 Å². The Morgan fingerprint density at radius 3 is 2.96 bits per heavy atom. The van der Waals surface area contributed by atoms with Crippen molar-refractivity contribution in [2.45, 2.75) is 30.9 Å². The fourth-order valence-electron chi connectivity index (χ4n) is 4.36. The molecule has 0 spiro atoms. The van der Waals surface area contributed by atoms with E-state index in [1.165, 1.54) is 10.5 Å². The van der Waals surface area contributed by atoms with E-state index in [1.807, 2.05) is 18.2 Å². The van der Waals surface area contributed by atoms with Gasteiger partial charge in [-0.25, -0.2) is 9.69 Å². The SMILES string of the molecule is C=CCN1c2ccccc2C2(CCC(=O)N3CCOC3=O)CCOC12. The summed E-state index contributed by atoms with van der Waals surface area (Å²) in [5.41, 5.74) is 2.18. The monoisotopic (exact) mass is 342 g/mol. The molecule has 0 N–H and O–H groups in total. The van der Waals surface area contributed by atoms with E-state index in [1.54, 1.807) is 0 Å². The molecule has 2 atom stereocenters. The Bertz CT molecular complexity index is 719. The quantitative estimate of drug-likeness (QED) is 0.769. The molecule has 0 aromatic heterocycles. The zero-order valence-electron chi connectivity index (χ0n) is 14.1. The molecule has 3 heterocycles. The second kappa shape index (κ2) is 6.19. The number of carbonyl (C=O) groups is 2. The van der Waals surface area contributed by atoms with Gasteiger partial charge in [-0.05, 0) is 24.5 Å². The number of ether oxygens (including phenoxy) is 2.